The first-order valence-electron chi connectivity index (χ1n) is 34.8. The number of aromatic nitrogens is 3. The average Bonchev–Trinajstić information content (AvgIpc) is 0.799. The molecule has 0 fully saturated rings. The summed E-state index contributed by atoms with van der Waals surface area (Å²) in [5.41, 5.74) is 30.3. The Morgan fingerprint density at radius 1 is 0.425 bits per heavy atom. The average molecular weight is 1600 g/mol. The predicted octanol–water partition coefficient (Wildman–Crippen LogP) is 7.76. The molecule has 0 aliphatic carbocycles. The molecule has 0 spiro atoms. The number of methoxy groups -OCH3 is 3. The van der Waals surface area contributed by atoms with Gasteiger partial charge in [0.05, 0.1) is 39.5 Å². The number of carboxylic acid groups (broad SMARTS) is 1. The molecule has 28 nitrogen and oxygen atoms in total. The number of carbonyl (C=O) groups is 6. The smallest absolute Gasteiger partial charge is 0.341 e. The van der Waals surface area contributed by atoms with E-state index >= 15 is 0 Å². The zero-order valence-electron chi connectivity index (χ0n) is 62.0. The zero-order chi connectivity index (χ0) is 81.5. The molecule has 0 saturated carbocycles. The lowest BCUT2D eigenvalue weighted by Crippen LogP contribution is -2.44. The van der Waals surface area contributed by atoms with Gasteiger partial charge in [-0.1, -0.05) is 182 Å². The van der Waals surface area contributed by atoms with Crippen molar-refractivity contribution < 1.29 is 56.5 Å². The largest absolute Gasteiger partial charge is 0.477 e. The highest BCUT2D eigenvalue weighted by atomic mass is 35.5. The van der Waals surface area contributed by atoms with Crippen molar-refractivity contribution in [2.24, 2.45) is 43.6 Å². The van der Waals surface area contributed by atoms with Gasteiger partial charge in [0.1, 0.15) is 51.3 Å². The van der Waals surface area contributed by atoms with Gasteiger partial charge in [0.2, 0.25) is 0 Å². The number of amides is 2. The molecule has 0 saturated heterocycles. The number of carboxylic acids is 1. The van der Waals surface area contributed by atoms with Crippen molar-refractivity contribution in [1.29, 1.82) is 0 Å². The van der Waals surface area contributed by atoms with Gasteiger partial charge in [0.15, 0.2) is 33.0 Å². The number of pyridine rings is 3. The van der Waals surface area contributed by atoms with E-state index in [1.807, 2.05) is 182 Å². The van der Waals surface area contributed by atoms with Gasteiger partial charge in [0, 0.05) is 38.2 Å². The Hall–Kier alpha value is -12.1. The van der Waals surface area contributed by atoms with E-state index in [-0.39, 0.29) is 72.4 Å². The van der Waals surface area contributed by atoms with Gasteiger partial charge >= 0.3 is 23.9 Å². The Labute approximate surface area is 662 Å². The van der Waals surface area contributed by atoms with Crippen LogP contribution >= 0.6 is 28.9 Å². The molecule has 9 aromatic rings. The van der Waals surface area contributed by atoms with Crippen molar-refractivity contribution in [3.8, 4) is 0 Å². The van der Waals surface area contributed by atoms with Crippen LogP contribution in [0.5, 0.6) is 0 Å². The van der Waals surface area contributed by atoms with Gasteiger partial charge in [-0.15, -0.1) is 12.4 Å². The molecule has 15 N–H and O–H groups in total. The molecule has 4 radical (unpaired) electrons. The standard InChI is InChI=1S/C26H28BFN5O4P.C26H29N5O4.C19H15NO3.C7H15BFN4O2P.ClH/c1-37-25(36)21(15-8-16-30-26(29)32-38(27)28)31-23(34)20-14-9-17-33(24(20)35)22(18-10-4-2-5-11-18)19-12-6-3-7-13-19;1-35-25(34)21(15-8-16-29-26(27)28)30-23(32)20-14-9-17-31(24(20)33)22(18-10-4-2-5-11-18)19-12-6-3-7-13-19;21-18-16(19(22)23)12-7-13-20(18)17(14-8-3-1-4-9-14)15-10-5-2-6-11-15;1-15-6(14)5(10)3-2-4-12-7(11)13-16(8)9;/h2-7,9-14,17,21-22H,8,15-16H2,1H3,(H,31,34)(H3,29,30,32);2-7,9-14,17,21-22H,8,15-16H2,1H3,(H,30,32)(H4,27,28,29);1-13,17H,(H,22,23);5H,2-4,10H2,1H3,(H3,11,12,13);1H/t21-,38?;21-;;5-,16?;/m00.0./s1. The maximum atomic E-state index is 13.6. The van der Waals surface area contributed by atoms with Crippen LogP contribution in [0.2, 0.25) is 0 Å². The van der Waals surface area contributed by atoms with Crippen LogP contribution in [0.15, 0.2) is 266 Å². The molecule has 2 amide bonds. The highest BCUT2D eigenvalue weighted by Crippen LogP contribution is 2.29. The minimum absolute atomic E-state index is 0. The predicted molar refractivity (Wildman–Crippen MR) is 438 cm³/mol. The Balaban J connectivity index is 0.000000281. The number of hydrogen-bond acceptors (Lipinski definition) is 16. The number of nitrogens with two attached hydrogens (primary N) is 5. The number of aliphatic imine (C=N–C) groups is 3. The number of carbonyl (C=O) groups excluding carboxylic acids is 5. The van der Waals surface area contributed by atoms with Crippen LogP contribution in [0.25, 0.3) is 0 Å². The number of halogens is 3. The number of esters is 3. The van der Waals surface area contributed by atoms with Crippen LogP contribution in [0, 0.1) is 0 Å². The van der Waals surface area contributed by atoms with Gasteiger partial charge in [-0.3, -0.25) is 43.7 Å². The summed E-state index contributed by atoms with van der Waals surface area (Å²) < 4.78 is 43.6. The summed E-state index contributed by atoms with van der Waals surface area (Å²) in [6, 6.07) is 62.3. The number of nitrogens with one attached hydrogen (secondary N) is 4. The first kappa shape index (κ1) is 91.5. The summed E-state index contributed by atoms with van der Waals surface area (Å²) in [5.74, 6) is -4.62. The SMILES string of the molecule is COC(=O)[C@H](CCCN=C(N)N)NC(=O)c1cccn(C(c2ccccc2)c2ccccc2)c1=O.Cl.O=C(O)c1cccn(C(c2ccccc2)c2ccccc2)c1=O.[B]P(F)NC(N)=NCCC[C@H](N)C(=O)OC.[B]P(F)NC(N)=NCCC[C@H](NC(=O)c1cccn(C(c2ccccc2)c2ccccc2)c1=O)C(=O)OC. The van der Waals surface area contributed by atoms with Gasteiger partial charge in [0.25, 0.3) is 28.5 Å². The molecular weight excluding hydrogens is 1510 g/mol. The third-order valence-corrected chi connectivity index (χ3v) is 17.4. The van der Waals surface area contributed by atoms with Crippen LogP contribution in [0.1, 0.15) is 121 Å². The van der Waals surface area contributed by atoms with Crippen LogP contribution in [-0.2, 0) is 28.6 Å². The lowest BCUT2D eigenvalue weighted by atomic mass is 9.98. The van der Waals surface area contributed by atoms with E-state index in [1.54, 1.807) is 36.8 Å². The van der Waals surface area contributed by atoms with E-state index in [2.05, 4.69) is 40.5 Å². The van der Waals surface area contributed by atoms with Gasteiger partial charge < -0.3 is 82.5 Å². The molecule has 590 valence electrons. The summed E-state index contributed by atoms with van der Waals surface area (Å²) in [6.07, 6.45) is 7.02. The van der Waals surface area contributed by atoms with Crippen molar-refractivity contribution in [3.05, 3.63) is 318 Å². The van der Waals surface area contributed by atoms with E-state index < -0.39 is 99.1 Å². The number of nitrogens with zero attached hydrogens (tertiary/aromatic N) is 6. The van der Waals surface area contributed by atoms with Crippen LogP contribution in [0.4, 0.5) is 8.39 Å². The lowest BCUT2D eigenvalue weighted by Gasteiger charge is -2.22. The second-order valence-corrected chi connectivity index (χ2v) is 25.9. The Bertz CT molecular complexity index is 4660. The normalized spacial score (nSPS) is 12.3. The fourth-order valence-electron chi connectivity index (χ4n) is 11.3. The van der Waals surface area contributed by atoms with Crippen LogP contribution < -0.4 is 66.2 Å². The second-order valence-electron chi connectivity index (χ2n) is 24.2. The quantitative estimate of drug-likeness (QED) is 0.00377. The summed E-state index contributed by atoms with van der Waals surface area (Å²) in [4.78, 5) is 124. The van der Waals surface area contributed by atoms with E-state index in [4.69, 9.17) is 53.3 Å². The first-order valence-corrected chi connectivity index (χ1v) is 37.4. The Morgan fingerprint density at radius 3 is 0.956 bits per heavy atom. The van der Waals surface area contributed by atoms with E-state index in [1.165, 1.54) is 53.2 Å². The molecule has 6 aromatic carbocycles. The van der Waals surface area contributed by atoms with Crippen molar-refractivity contribution >= 4 is 97.6 Å². The van der Waals surface area contributed by atoms with Crippen molar-refractivity contribution in [2.75, 3.05) is 41.0 Å². The van der Waals surface area contributed by atoms with E-state index in [0.717, 1.165) is 33.4 Å². The molecule has 0 aliphatic heterocycles. The van der Waals surface area contributed by atoms with Crippen molar-refractivity contribution in [2.45, 2.75) is 74.8 Å². The molecule has 0 bridgehead atoms. The Morgan fingerprint density at radius 2 is 0.690 bits per heavy atom. The third-order valence-electron chi connectivity index (χ3n) is 16.5. The molecule has 5 atom stereocenters. The highest BCUT2D eigenvalue weighted by molar-refractivity contribution is 7.77. The molecule has 9 rings (SSSR count). The van der Waals surface area contributed by atoms with Crippen molar-refractivity contribution in [1.82, 2.24) is 34.5 Å². The van der Waals surface area contributed by atoms with Crippen LogP contribution in [-0.4, -0.2) is 147 Å². The number of aromatic carboxylic acids is 1. The highest BCUT2D eigenvalue weighted by Gasteiger charge is 2.29. The zero-order valence-corrected chi connectivity index (χ0v) is 64.6. The maximum absolute atomic E-state index is 13.6. The number of benzene rings is 6. The number of ether oxygens (including phenoxy) is 3. The topological polar surface area (TPSA) is 432 Å². The minimum atomic E-state index is -2.43. The van der Waals surface area contributed by atoms with Gasteiger partial charge in [-0.25, -0.2) is 22.8 Å². The summed E-state index contributed by atoms with van der Waals surface area (Å²) in [6.45, 7) is 0.783. The van der Waals surface area contributed by atoms with E-state index in [9.17, 15) is 56.7 Å². The van der Waals surface area contributed by atoms with Gasteiger partial charge in [-0.05, 0) is 108 Å². The van der Waals surface area contributed by atoms with E-state index in [0.29, 0.717) is 38.8 Å². The summed E-state index contributed by atoms with van der Waals surface area (Å²) >= 11 is 0. The lowest BCUT2D eigenvalue weighted by molar-refractivity contribution is -0.143. The number of rotatable bonds is 31. The fourth-order valence-corrected chi connectivity index (χ4v) is 11.9. The first-order chi connectivity index (χ1) is 53.9. The Kier molecular flexibility index (Phi) is 39.3. The van der Waals surface area contributed by atoms with Crippen LogP contribution in [0.3, 0.4) is 0 Å². The molecule has 113 heavy (non-hydrogen) atoms. The third kappa shape index (κ3) is 29.3. The number of guanidine groups is 3. The molecule has 2 unspecified atom stereocenters. The monoisotopic (exact) mass is 1600 g/mol. The second kappa shape index (κ2) is 48.5. The summed E-state index contributed by atoms with van der Waals surface area (Å²) in [7, 11) is 8.84. The van der Waals surface area contributed by atoms with Crippen molar-refractivity contribution in [3.63, 3.8) is 0 Å². The minimum Gasteiger partial charge on any atom is -0.477 e. The molecule has 35 heteroatoms. The summed E-state index contributed by atoms with van der Waals surface area (Å²) in [5, 5.41) is 18.7. The molecule has 3 heterocycles. The molecule has 3 aromatic heterocycles. The molecule has 0 aliphatic rings. The fraction of sp³-hybridized carbons (Fsp3) is 0.231. The number of hydrogen-bond donors (Lipinski definition) is 10. The molecular formula is C78H88B2ClF2N15O13P2. The van der Waals surface area contributed by atoms with Gasteiger partial charge in [-0.2, -0.15) is 0 Å². The maximum Gasteiger partial charge on any atom is 0.341 e.